The minimum Gasteiger partial charge on any atom is -0.494 e. The zero-order valence-corrected chi connectivity index (χ0v) is 13.1. The summed E-state index contributed by atoms with van der Waals surface area (Å²) in [6.45, 7) is 2.41. The van der Waals surface area contributed by atoms with Crippen molar-refractivity contribution in [3.05, 3.63) is 71.6 Å². The number of hydrogen-bond donors (Lipinski definition) is 2. The maximum atomic E-state index is 12.8. The monoisotopic (exact) mass is 328 g/mol. The molecular weight excluding hydrogens is 311 g/mol. The number of rotatable bonds is 5. The lowest BCUT2D eigenvalue weighted by molar-refractivity contribution is -0.117. The van der Waals surface area contributed by atoms with Gasteiger partial charge in [0.2, 0.25) is 0 Å². The molecule has 0 unspecified atom stereocenters. The van der Waals surface area contributed by atoms with E-state index in [9.17, 15) is 14.0 Å². The molecule has 2 rings (SSSR count). The van der Waals surface area contributed by atoms with Gasteiger partial charge in [-0.2, -0.15) is 0 Å². The molecule has 2 aromatic carbocycles. The van der Waals surface area contributed by atoms with Crippen molar-refractivity contribution in [3.63, 3.8) is 0 Å². The number of halogens is 1. The molecule has 0 aliphatic heterocycles. The summed E-state index contributed by atoms with van der Waals surface area (Å²) in [6, 6.07) is 12.2. The highest BCUT2D eigenvalue weighted by Gasteiger charge is 2.06. The van der Waals surface area contributed by atoms with Crippen LogP contribution in [0.1, 0.15) is 22.8 Å². The molecule has 2 amide bonds. The Hall–Kier alpha value is -3.15. The number of hydrogen-bond acceptors (Lipinski definition) is 3. The predicted octanol–water partition coefficient (Wildman–Crippen LogP) is 2.70. The molecule has 0 saturated carbocycles. The lowest BCUT2D eigenvalue weighted by atomic mass is 10.2. The van der Waals surface area contributed by atoms with Crippen molar-refractivity contribution >= 4 is 17.9 Å². The summed E-state index contributed by atoms with van der Waals surface area (Å²) in [7, 11) is 0. The third-order valence-corrected chi connectivity index (χ3v) is 3.02. The first kappa shape index (κ1) is 17.2. The quantitative estimate of drug-likeness (QED) is 0.655. The molecule has 24 heavy (non-hydrogen) atoms. The number of amides is 2. The fraction of sp³-hybridized carbons (Fsp3) is 0.111. The molecule has 0 fully saturated rings. The van der Waals surface area contributed by atoms with Crippen LogP contribution in [0.2, 0.25) is 0 Å². The van der Waals surface area contributed by atoms with E-state index in [1.165, 1.54) is 36.4 Å². The lowest BCUT2D eigenvalue weighted by Gasteiger charge is -2.06. The number of carbonyl (C=O) groups excluding carboxylic acids is 2. The van der Waals surface area contributed by atoms with Gasteiger partial charge < -0.3 is 4.74 Å². The second-order valence-corrected chi connectivity index (χ2v) is 4.79. The second kappa shape index (κ2) is 8.47. The van der Waals surface area contributed by atoms with Gasteiger partial charge in [-0.1, -0.05) is 12.1 Å². The Morgan fingerprint density at radius 3 is 2.33 bits per heavy atom. The Morgan fingerprint density at radius 1 is 1.04 bits per heavy atom. The number of benzene rings is 2. The van der Waals surface area contributed by atoms with Crippen molar-refractivity contribution in [2.45, 2.75) is 6.92 Å². The highest BCUT2D eigenvalue weighted by Crippen LogP contribution is 2.11. The van der Waals surface area contributed by atoms with Gasteiger partial charge in [-0.05, 0) is 55.0 Å². The van der Waals surface area contributed by atoms with Crippen LogP contribution in [0.15, 0.2) is 54.6 Å². The van der Waals surface area contributed by atoms with Gasteiger partial charge in [0, 0.05) is 11.6 Å². The minimum absolute atomic E-state index is 0.348. The van der Waals surface area contributed by atoms with Gasteiger partial charge in [-0.15, -0.1) is 0 Å². The molecule has 0 aliphatic rings. The van der Waals surface area contributed by atoms with E-state index in [2.05, 4.69) is 10.9 Å². The Bertz CT molecular complexity index is 725. The SMILES string of the molecule is CCOc1ccc(C(=O)NNC(=O)/C=C/c2ccc(F)cc2)cc1. The van der Waals surface area contributed by atoms with Crippen LogP contribution in [-0.2, 0) is 4.79 Å². The van der Waals surface area contributed by atoms with Crippen LogP contribution in [-0.4, -0.2) is 18.4 Å². The Balaban J connectivity index is 1.84. The van der Waals surface area contributed by atoms with Gasteiger partial charge in [0.05, 0.1) is 6.61 Å². The summed E-state index contributed by atoms with van der Waals surface area (Å²) in [5, 5.41) is 0. The fourth-order valence-corrected chi connectivity index (χ4v) is 1.85. The van der Waals surface area contributed by atoms with Gasteiger partial charge in [0.25, 0.3) is 11.8 Å². The van der Waals surface area contributed by atoms with Crippen LogP contribution in [0, 0.1) is 5.82 Å². The molecule has 0 bridgehead atoms. The molecule has 2 aromatic rings. The van der Waals surface area contributed by atoms with Crippen LogP contribution in [0.4, 0.5) is 4.39 Å². The van der Waals surface area contributed by atoms with Gasteiger partial charge in [0.1, 0.15) is 11.6 Å². The molecule has 5 nitrogen and oxygen atoms in total. The van der Waals surface area contributed by atoms with Crippen molar-refractivity contribution in [3.8, 4) is 5.75 Å². The van der Waals surface area contributed by atoms with E-state index >= 15 is 0 Å². The van der Waals surface area contributed by atoms with E-state index in [0.29, 0.717) is 23.5 Å². The van der Waals surface area contributed by atoms with E-state index in [0.717, 1.165) is 0 Å². The van der Waals surface area contributed by atoms with Crippen LogP contribution >= 0.6 is 0 Å². The number of nitrogens with one attached hydrogen (secondary N) is 2. The summed E-state index contributed by atoms with van der Waals surface area (Å²) in [6.07, 6.45) is 2.75. The lowest BCUT2D eigenvalue weighted by Crippen LogP contribution is -2.40. The molecule has 0 heterocycles. The highest BCUT2D eigenvalue weighted by molar-refractivity contribution is 5.97. The molecule has 0 atom stereocenters. The van der Waals surface area contributed by atoms with Crippen molar-refractivity contribution in [1.29, 1.82) is 0 Å². The van der Waals surface area contributed by atoms with Crippen molar-refractivity contribution in [1.82, 2.24) is 10.9 Å². The molecule has 0 saturated heterocycles. The Kier molecular flexibility index (Phi) is 6.08. The average Bonchev–Trinajstić information content (AvgIpc) is 2.60. The smallest absolute Gasteiger partial charge is 0.269 e. The van der Waals surface area contributed by atoms with Crippen molar-refractivity contribution in [2.75, 3.05) is 6.61 Å². The van der Waals surface area contributed by atoms with Gasteiger partial charge in [-0.3, -0.25) is 20.4 Å². The summed E-state index contributed by atoms with van der Waals surface area (Å²) in [5.74, 6) is -0.625. The molecular formula is C18H17FN2O3. The van der Waals surface area contributed by atoms with Gasteiger partial charge >= 0.3 is 0 Å². The zero-order chi connectivity index (χ0) is 17.4. The van der Waals surface area contributed by atoms with E-state index in [-0.39, 0.29) is 5.82 Å². The second-order valence-electron chi connectivity index (χ2n) is 4.79. The summed E-state index contributed by atoms with van der Waals surface area (Å²) in [5.41, 5.74) is 5.64. The largest absolute Gasteiger partial charge is 0.494 e. The highest BCUT2D eigenvalue weighted by atomic mass is 19.1. The third kappa shape index (κ3) is 5.24. The van der Waals surface area contributed by atoms with Crippen LogP contribution in [0.25, 0.3) is 6.08 Å². The number of carbonyl (C=O) groups is 2. The van der Waals surface area contributed by atoms with E-state index < -0.39 is 11.8 Å². The van der Waals surface area contributed by atoms with Crippen molar-refractivity contribution < 1.29 is 18.7 Å². The van der Waals surface area contributed by atoms with Crippen LogP contribution < -0.4 is 15.6 Å². The topological polar surface area (TPSA) is 67.4 Å². The van der Waals surface area contributed by atoms with Crippen LogP contribution in [0.3, 0.4) is 0 Å². The number of hydrazine groups is 1. The molecule has 6 heteroatoms. The Labute approximate surface area is 139 Å². The summed E-state index contributed by atoms with van der Waals surface area (Å²) < 4.78 is 18.1. The zero-order valence-electron chi connectivity index (χ0n) is 13.1. The summed E-state index contributed by atoms with van der Waals surface area (Å²) in [4.78, 5) is 23.5. The average molecular weight is 328 g/mol. The fourth-order valence-electron chi connectivity index (χ4n) is 1.85. The third-order valence-electron chi connectivity index (χ3n) is 3.02. The first-order valence-electron chi connectivity index (χ1n) is 7.35. The maximum Gasteiger partial charge on any atom is 0.269 e. The first-order chi connectivity index (χ1) is 11.6. The molecule has 0 radical (unpaired) electrons. The first-order valence-corrected chi connectivity index (χ1v) is 7.35. The Morgan fingerprint density at radius 2 is 1.71 bits per heavy atom. The van der Waals surface area contributed by atoms with Crippen molar-refractivity contribution in [2.24, 2.45) is 0 Å². The van der Waals surface area contributed by atoms with E-state index in [1.807, 2.05) is 6.92 Å². The van der Waals surface area contributed by atoms with Crippen LogP contribution in [0.5, 0.6) is 5.75 Å². The number of ether oxygens (including phenoxy) is 1. The molecule has 0 spiro atoms. The van der Waals surface area contributed by atoms with Gasteiger partial charge in [-0.25, -0.2) is 4.39 Å². The molecule has 0 aromatic heterocycles. The van der Waals surface area contributed by atoms with E-state index in [4.69, 9.17) is 4.74 Å². The summed E-state index contributed by atoms with van der Waals surface area (Å²) >= 11 is 0. The van der Waals surface area contributed by atoms with Gasteiger partial charge in [0.15, 0.2) is 0 Å². The maximum absolute atomic E-state index is 12.8. The normalized spacial score (nSPS) is 10.4. The predicted molar refractivity (Wildman–Crippen MR) is 88.7 cm³/mol. The minimum atomic E-state index is -0.501. The molecule has 2 N–H and O–H groups in total. The standard InChI is InChI=1S/C18H17FN2O3/c1-2-24-16-10-6-14(7-11-16)18(23)21-20-17(22)12-5-13-3-8-15(19)9-4-13/h3-12H,2H2,1H3,(H,20,22)(H,21,23)/b12-5+. The van der Waals surface area contributed by atoms with E-state index in [1.54, 1.807) is 24.3 Å². The molecule has 124 valence electrons. The molecule has 0 aliphatic carbocycles.